The number of rotatable bonds is 0. The van der Waals surface area contributed by atoms with E-state index < -0.39 is 0 Å². The second kappa shape index (κ2) is 20.4. The Labute approximate surface area is 62.5 Å². The van der Waals surface area contributed by atoms with Gasteiger partial charge in [0.1, 0.15) is 0 Å². The van der Waals surface area contributed by atoms with Gasteiger partial charge >= 0.3 is 57.7 Å². The molecule has 0 spiro atoms. The van der Waals surface area contributed by atoms with Gasteiger partial charge in [0.25, 0.3) is 0 Å². The van der Waals surface area contributed by atoms with Gasteiger partial charge in [-0.15, -0.1) is 0 Å². The molecular weight excluding hydrogens is 270 g/mol. The van der Waals surface area contributed by atoms with Gasteiger partial charge in [0.2, 0.25) is 0 Å². The Bertz CT molecular complexity index is 8.00. The van der Waals surface area contributed by atoms with Gasteiger partial charge in [0.05, 0.1) is 0 Å². The summed E-state index contributed by atoms with van der Waals surface area (Å²) in [6.45, 7) is 0. The second-order valence-electron chi connectivity index (χ2n) is 0. The predicted molar refractivity (Wildman–Crippen MR) is 9.47 cm³/mol. The molecule has 0 bridgehead atoms. The Morgan fingerprint density at radius 1 is 1.25 bits per heavy atom. The molecule has 0 saturated carbocycles. The van der Waals surface area contributed by atoms with Crippen LogP contribution in [-0.2, 0) is 18.8 Å². The molecule has 1 nitrogen and oxygen atoms in total. The molecule has 0 amide bonds. The van der Waals surface area contributed by atoms with Crippen LogP contribution in [0.25, 0.3) is 0 Å². The van der Waals surface area contributed by atoms with Crippen molar-refractivity contribution in [3.63, 3.8) is 0 Å². The van der Waals surface area contributed by atoms with E-state index in [0.29, 0.717) is 0 Å². The summed E-state index contributed by atoms with van der Waals surface area (Å²) in [7, 11) is 4.61. The quantitative estimate of drug-likeness (QED) is 0.417. The standard InChI is InChI=1S/ClH.Na.H2O.Pt/h1H;;1H2;/q;+1;;/p-1. The Morgan fingerprint density at radius 2 is 1.25 bits per heavy atom. The van der Waals surface area contributed by atoms with Gasteiger partial charge in [-0.1, -0.05) is 0 Å². The molecule has 0 aliphatic rings. The van der Waals surface area contributed by atoms with Gasteiger partial charge in [0, 0.05) is 0 Å². The fourth-order valence-corrected chi connectivity index (χ4v) is 0. The summed E-state index contributed by atoms with van der Waals surface area (Å²) in [5, 5.41) is 0. The monoisotopic (exact) mass is 271 g/mol. The first kappa shape index (κ1) is 16.8. The number of hydrogen-bond donors (Lipinski definition) is 0. The molecule has 0 rings (SSSR count). The maximum Gasteiger partial charge on any atom is 1.00 e. The molecule has 4 heteroatoms. The maximum absolute atomic E-state index is 4.61. The summed E-state index contributed by atoms with van der Waals surface area (Å²) >= 11 is 1.61. The van der Waals surface area contributed by atoms with E-state index >= 15 is 0 Å². The van der Waals surface area contributed by atoms with Crippen LogP contribution in [0.2, 0.25) is 0 Å². The van der Waals surface area contributed by atoms with Crippen LogP contribution >= 0.6 is 9.42 Å². The van der Waals surface area contributed by atoms with E-state index in [1.807, 2.05) is 0 Å². The third kappa shape index (κ3) is 9.05. The molecule has 0 saturated heterocycles. The molecule has 0 aromatic carbocycles. The molecule has 26 valence electrons. The van der Waals surface area contributed by atoms with E-state index in [4.69, 9.17) is 0 Å². The average molecular weight is 272 g/mol. The van der Waals surface area contributed by atoms with Gasteiger partial charge in [-0.25, -0.2) is 0 Å². The molecule has 2 N–H and O–H groups in total. The van der Waals surface area contributed by atoms with E-state index in [1.54, 1.807) is 18.8 Å². The average Bonchev–Trinajstić information content (AvgIpc) is 1.00. The first-order valence-corrected chi connectivity index (χ1v) is 2.94. The van der Waals surface area contributed by atoms with Crippen LogP contribution < -0.4 is 29.6 Å². The zero-order chi connectivity index (χ0) is 2.00. The summed E-state index contributed by atoms with van der Waals surface area (Å²) < 4.78 is 0. The van der Waals surface area contributed by atoms with Crippen molar-refractivity contribution in [2.24, 2.45) is 0 Å². The second-order valence-corrected chi connectivity index (χ2v) is 0. The van der Waals surface area contributed by atoms with Gasteiger partial charge in [-0.2, -0.15) is 0 Å². The van der Waals surface area contributed by atoms with E-state index in [-0.39, 0.29) is 35.0 Å². The zero-order valence-corrected chi connectivity index (χ0v) is 7.22. The number of halogens is 1. The van der Waals surface area contributed by atoms with E-state index in [1.165, 1.54) is 0 Å². The van der Waals surface area contributed by atoms with Gasteiger partial charge in [-0.05, 0) is 0 Å². The van der Waals surface area contributed by atoms with Gasteiger partial charge in [0.15, 0.2) is 0 Å². The first-order chi connectivity index (χ1) is 1.00. The van der Waals surface area contributed by atoms with Gasteiger partial charge in [-0.3, -0.25) is 0 Å². The molecule has 0 unspecified atom stereocenters. The first-order valence-electron chi connectivity index (χ1n) is 0.120. The summed E-state index contributed by atoms with van der Waals surface area (Å²) in [6.07, 6.45) is 0. The largest absolute Gasteiger partial charge is 1.00 e. The molecule has 0 aliphatic carbocycles. The fourth-order valence-electron chi connectivity index (χ4n) is 0. The van der Waals surface area contributed by atoms with Crippen LogP contribution in [0.3, 0.4) is 0 Å². The minimum absolute atomic E-state index is 0. The summed E-state index contributed by atoms with van der Waals surface area (Å²) in [4.78, 5) is 0. The van der Waals surface area contributed by atoms with Gasteiger partial charge < -0.3 is 5.48 Å². The van der Waals surface area contributed by atoms with Crippen molar-refractivity contribution in [3.8, 4) is 0 Å². The topological polar surface area (TPSA) is 31.5 Å². The summed E-state index contributed by atoms with van der Waals surface area (Å²) in [6, 6.07) is 0. The Morgan fingerprint density at radius 3 is 1.25 bits per heavy atom. The van der Waals surface area contributed by atoms with Crippen LogP contribution in [0, 0.1) is 0 Å². The molecule has 0 heterocycles. The minimum Gasteiger partial charge on any atom is 1.00 e. The van der Waals surface area contributed by atoms with Crippen LogP contribution in [0.4, 0.5) is 0 Å². The van der Waals surface area contributed by atoms with Crippen LogP contribution in [0.5, 0.6) is 0 Å². The van der Waals surface area contributed by atoms with Crippen molar-refractivity contribution in [1.29, 1.82) is 0 Å². The Balaban J connectivity index is -0.00000000500. The van der Waals surface area contributed by atoms with Crippen LogP contribution in [0.15, 0.2) is 0 Å². The summed E-state index contributed by atoms with van der Waals surface area (Å²) in [5.41, 5.74) is 0. The molecule has 0 aliphatic heterocycles. The molecule has 0 aromatic rings. The zero-order valence-electron chi connectivity index (χ0n) is 2.19. The normalized spacial score (nSPS) is 1.75. The third-order valence-corrected chi connectivity index (χ3v) is 0. The van der Waals surface area contributed by atoms with Crippen molar-refractivity contribution in [2.45, 2.75) is 0 Å². The fraction of sp³-hybridized carbons (Fsp3) is 0. The Kier molecular flexibility index (Phi) is 85.5. The Hall–Kier alpha value is 1.94. The van der Waals surface area contributed by atoms with E-state index in [2.05, 4.69) is 9.42 Å². The summed E-state index contributed by atoms with van der Waals surface area (Å²) in [5.74, 6) is 0. The molecule has 0 aromatic heterocycles. The minimum atomic E-state index is 0. The smallest absolute Gasteiger partial charge is 1.00 e. The van der Waals surface area contributed by atoms with Crippen molar-refractivity contribution in [1.82, 2.24) is 0 Å². The molecular formula is H2ClNaOPt. The molecule has 0 fully saturated rings. The van der Waals surface area contributed by atoms with Crippen molar-refractivity contribution in [2.75, 3.05) is 0 Å². The van der Waals surface area contributed by atoms with Crippen molar-refractivity contribution >= 4 is 9.42 Å². The van der Waals surface area contributed by atoms with Crippen LogP contribution in [0.1, 0.15) is 0 Å². The predicted octanol–water partition coefficient (Wildman–Crippen LogP) is -3.13. The van der Waals surface area contributed by atoms with Crippen molar-refractivity contribution < 1.29 is 53.8 Å². The maximum atomic E-state index is 4.61. The van der Waals surface area contributed by atoms with E-state index in [9.17, 15) is 0 Å². The molecule has 0 atom stereocenters. The SMILES string of the molecule is O.[Cl][Pt-].[Na+]. The van der Waals surface area contributed by atoms with Crippen molar-refractivity contribution in [3.05, 3.63) is 0 Å². The van der Waals surface area contributed by atoms with E-state index in [0.717, 1.165) is 0 Å². The molecule has 0 radical (unpaired) electrons. The third-order valence-electron chi connectivity index (χ3n) is 0. The molecule has 4 heavy (non-hydrogen) atoms. The van der Waals surface area contributed by atoms with Crippen LogP contribution in [-0.4, -0.2) is 5.48 Å². The number of hydrogen-bond acceptors (Lipinski definition) is 0.